The monoisotopic (exact) mass is 201 g/mol. The molecule has 0 atom stereocenters. The van der Waals surface area contributed by atoms with E-state index in [1.54, 1.807) is 0 Å². The van der Waals surface area contributed by atoms with Gasteiger partial charge in [-0.2, -0.15) is 0 Å². The predicted molar refractivity (Wildman–Crippen MR) is 49.4 cm³/mol. The third-order valence-corrected chi connectivity index (χ3v) is 1.32. The molecule has 0 unspecified atom stereocenters. The molecule has 0 bridgehead atoms. The van der Waals surface area contributed by atoms with Crippen LogP contribution in [0.2, 0.25) is 0 Å². The van der Waals surface area contributed by atoms with Crippen LogP contribution in [0, 0.1) is 6.92 Å². The molecule has 2 N–H and O–H groups in total. The Bertz CT molecular complexity index is 198. The number of aryl methyl sites for hydroxylation is 1. The highest BCUT2D eigenvalue weighted by Gasteiger charge is 1.85. The second-order valence-electron chi connectivity index (χ2n) is 2.19. The molecular weight excluding hydrogens is 190 g/mol. The number of halogens is 1. The molecule has 1 aromatic rings. The van der Waals surface area contributed by atoms with Crippen LogP contribution in [0.15, 0.2) is 24.3 Å². The molecule has 0 fully saturated rings. The lowest BCUT2D eigenvalue weighted by molar-refractivity contribution is 1.07. The molecule has 2 heteroatoms. The highest BCUT2D eigenvalue weighted by Crippen LogP contribution is 2.01. The van der Waals surface area contributed by atoms with Crippen molar-refractivity contribution in [1.82, 2.24) is 0 Å². The lowest BCUT2D eigenvalue weighted by Crippen LogP contribution is -1.95. The van der Waals surface area contributed by atoms with Crippen molar-refractivity contribution in [3.05, 3.63) is 35.4 Å². The highest BCUT2D eigenvalue weighted by atomic mass is 79.9. The molecule has 1 rings (SSSR count). The molecule has 0 aromatic heterocycles. The molecule has 56 valence electrons. The van der Waals surface area contributed by atoms with E-state index in [4.69, 9.17) is 5.73 Å². The number of hydrogen-bond donors (Lipinski definition) is 1. The summed E-state index contributed by atoms with van der Waals surface area (Å²) in [5.74, 6) is 0. The Balaban J connectivity index is 0.000000810. The third kappa shape index (κ3) is 2.50. The molecule has 1 nitrogen and oxygen atoms in total. The van der Waals surface area contributed by atoms with E-state index in [0.717, 1.165) is 0 Å². The van der Waals surface area contributed by atoms with E-state index >= 15 is 0 Å². The van der Waals surface area contributed by atoms with Crippen molar-refractivity contribution < 1.29 is 0 Å². The Hall–Kier alpha value is -0.340. The molecule has 0 aliphatic rings. The molecule has 0 saturated carbocycles. The van der Waals surface area contributed by atoms with E-state index in [1.807, 2.05) is 12.1 Å². The first-order valence-electron chi connectivity index (χ1n) is 3.08. The summed E-state index contributed by atoms with van der Waals surface area (Å²) >= 11 is 0. The van der Waals surface area contributed by atoms with Gasteiger partial charge in [-0.1, -0.05) is 29.8 Å². The Morgan fingerprint density at radius 2 is 2.10 bits per heavy atom. The van der Waals surface area contributed by atoms with E-state index in [0.29, 0.717) is 6.54 Å². The van der Waals surface area contributed by atoms with Crippen molar-refractivity contribution in [3.8, 4) is 0 Å². The number of hydrogen-bond acceptors (Lipinski definition) is 1. The van der Waals surface area contributed by atoms with Gasteiger partial charge >= 0.3 is 0 Å². The van der Waals surface area contributed by atoms with Crippen molar-refractivity contribution in [1.29, 1.82) is 0 Å². The van der Waals surface area contributed by atoms with E-state index in [2.05, 4.69) is 19.1 Å². The number of rotatable bonds is 1. The second-order valence-corrected chi connectivity index (χ2v) is 2.19. The lowest BCUT2D eigenvalue weighted by atomic mass is 10.1. The minimum atomic E-state index is 0. The van der Waals surface area contributed by atoms with Gasteiger partial charge in [0.05, 0.1) is 0 Å². The summed E-state index contributed by atoms with van der Waals surface area (Å²) in [6.45, 7) is 2.71. The van der Waals surface area contributed by atoms with Crippen molar-refractivity contribution in [2.24, 2.45) is 5.73 Å². The van der Waals surface area contributed by atoms with Crippen LogP contribution in [0.3, 0.4) is 0 Å². The van der Waals surface area contributed by atoms with Crippen LogP contribution in [-0.4, -0.2) is 0 Å². The maximum Gasteiger partial charge on any atom is 0.0178 e. The van der Waals surface area contributed by atoms with Crippen molar-refractivity contribution in [2.45, 2.75) is 13.5 Å². The Morgan fingerprint density at radius 1 is 1.40 bits per heavy atom. The molecule has 0 spiro atoms. The largest absolute Gasteiger partial charge is 0.326 e. The lowest BCUT2D eigenvalue weighted by Gasteiger charge is -1.95. The van der Waals surface area contributed by atoms with Gasteiger partial charge in [0.1, 0.15) is 0 Å². The maximum absolute atomic E-state index is 5.42. The molecule has 0 saturated heterocycles. The van der Waals surface area contributed by atoms with Gasteiger partial charge in [0.2, 0.25) is 0 Å². The zero-order chi connectivity index (χ0) is 6.69. The quantitative estimate of drug-likeness (QED) is 0.740. The van der Waals surface area contributed by atoms with Gasteiger partial charge in [0, 0.05) is 6.54 Å². The zero-order valence-electron chi connectivity index (χ0n) is 6.00. The van der Waals surface area contributed by atoms with Crippen molar-refractivity contribution in [3.63, 3.8) is 0 Å². The minimum Gasteiger partial charge on any atom is -0.326 e. The van der Waals surface area contributed by atoms with Crippen LogP contribution >= 0.6 is 17.0 Å². The minimum absolute atomic E-state index is 0. The Kier molecular flexibility index (Phi) is 4.32. The summed E-state index contributed by atoms with van der Waals surface area (Å²) in [7, 11) is 0. The van der Waals surface area contributed by atoms with Gasteiger partial charge in [0.25, 0.3) is 0 Å². The topological polar surface area (TPSA) is 26.0 Å². The van der Waals surface area contributed by atoms with Crippen LogP contribution in [0.1, 0.15) is 11.1 Å². The molecule has 0 radical (unpaired) electrons. The molecule has 0 aliphatic heterocycles. The molecular formula is C8H12BrN. The average Bonchev–Trinajstić information content (AvgIpc) is 1.88. The van der Waals surface area contributed by atoms with E-state index < -0.39 is 0 Å². The van der Waals surface area contributed by atoms with Gasteiger partial charge in [-0.15, -0.1) is 17.0 Å². The van der Waals surface area contributed by atoms with Gasteiger partial charge in [-0.25, -0.2) is 0 Å². The second kappa shape index (κ2) is 4.47. The summed E-state index contributed by atoms with van der Waals surface area (Å²) in [4.78, 5) is 0. The van der Waals surface area contributed by atoms with Crippen LogP contribution in [0.4, 0.5) is 0 Å². The van der Waals surface area contributed by atoms with Crippen LogP contribution in [0.5, 0.6) is 0 Å². The van der Waals surface area contributed by atoms with Crippen LogP contribution < -0.4 is 5.73 Å². The average molecular weight is 202 g/mol. The standard InChI is InChI=1S/C8H11N.BrH/c1-7-3-2-4-8(5-7)6-9;/h2-5H,6,9H2,1H3;1H. The maximum atomic E-state index is 5.42. The first-order valence-corrected chi connectivity index (χ1v) is 3.08. The molecule has 0 heterocycles. The van der Waals surface area contributed by atoms with Crippen molar-refractivity contribution >= 4 is 17.0 Å². The zero-order valence-corrected chi connectivity index (χ0v) is 7.72. The third-order valence-electron chi connectivity index (χ3n) is 1.32. The summed E-state index contributed by atoms with van der Waals surface area (Å²) in [6, 6.07) is 8.23. The number of nitrogens with two attached hydrogens (primary N) is 1. The normalized spacial score (nSPS) is 8.60. The smallest absolute Gasteiger partial charge is 0.0178 e. The van der Waals surface area contributed by atoms with Gasteiger partial charge in [-0.05, 0) is 12.5 Å². The Morgan fingerprint density at radius 3 is 2.50 bits per heavy atom. The highest BCUT2D eigenvalue weighted by molar-refractivity contribution is 8.93. The van der Waals surface area contributed by atoms with Gasteiger partial charge < -0.3 is 5.73 Å². The summed E-state index contributed by atoms with van der Waals surface area (Å²) in [5.41, 5.74) is 7.90. The fourth-order valence-electron chi connectivity index (χ4n) is 0.839. The fourth-order valence-corrected chi connectivity index (χ4v) is 0.839. The summed E-state index contributed by atoms with van der Waals surface area (Å²) in [6.07, 6.45) is 0. The molecule has 0 amide bonds. The summed E-state index contributed by atoms with van der Waals surface area (Å²) < 4.78 is 0. The van der Waals surface area contributed by atoms with Crippen LogP contribution in [0.25, 0.3) is 0 Å². The molecule has 0 aliphatic carbocycles. The van der Waals surface area contributed by atoms with Gasteiger partial charge in [0.15, 0.2) is 0 Å². The van der Waals surface area contributed by atoms with Gasteiger partial charge in [-0.3, -0.25) is 0 Å². The first-order chi connectivity index (χ1) is 4.33. The fraction of sp³-hybridized carbons (Fsp3) is 0.250. The molecule has 10 heavy (non-hydrogen) atoms. The Labute approximate surface area is 72.0 Å². The molecule has 1 aromatic carbocycles. The van der Waals surface area contributed by atoms with E-state index in [-0.39, 0.29) is 17.0 Å². The van der Waals surface area contributed by atoms with E-state index in [1.165, 1.54) is 11.1 Å². The van der Waals surface area contributed by atoms with Crippen molar-refractivity contribution in [2.75, 3.05) is 0 Å². The predicted octanol–water partition coefficient (Wildman–Crippen LogP) is 2.03. The number of benzene rings is 1. The van der Waals surface area contributed by atoms with E-state index in [9.17, 15) is 0 Å². The van der Waals surface area contributed by atoms with Crippen LogP contribution in [-0.2, 0) is 6.54 Å². The SMILES string of the molecule is Br.Cc1cccc(CN)c1. The first kappa shape index (κ1) is 9.66. The summed E-state index contributed by atoms with van der Waals surface area (Å²) in [5, 5.41) is 0.